The van der Waals surface area contributed by atoms with Crippen LogP contribution in [0, 0.1) is 5.92 Å². The van der Waals surface area contributed by atoms with E-state index in [-0.39, 0.29) is 11.9 Å². The SMILES string of the molecule is CCC(=O)c1ccc(N2CCC(C(C)O)C2)cc1. The zero-order valence-electron chi connectivity index (χ0n) is 11.1. The number of carbonyl (C=O) groups is 1. The molecular formula is C15H21NO2. The normalized spacial score (nSPS) is 21.1. The van der Waals surface area contributed by atoms with Crippen LogP contribution in [0.1, 0.15) is 37.0 Å². The van der Waals surface area contributed by atoms with Crippen LogP contribution in [-0.2, 0) is 0 Å². The number of hydrogen-bond acceptors (Lipinski definition) is 3. The molecule has 18 heavy (non-hydrogen) atoms. The van der Waals surface area contributed by atoms with Gasteiger partial charge in [-0.15, -0.1) is 0 Å². The summed E-state index contributed by atoms with van der Waals surface area (Å²) in [6, 6.07) is 7.81. The van der Waals surface area contributed by atoms with Gasteiger partial charge in [-0.25, -0.2) is 0 Å². The van der Waals surface area contributed by atoms with Crippen molar-refractivity contribution in [2.45, 2.75) is 32.8 Å². The molecule has 1 N–H and O–H groups in total. The Balaban J connectivity index is 2.05. The highest BCUT2D eigenvalue weighted by Crippen LogP contribution is 2.26. The van der Waals surface area contributed by atoms with Gasteiger partial charge in [-0.2, -0.15) is 0 Å². The Labute approximate surface area is 108 Å². The summed E-state index contributed by atoms with van der Waals surface area (Å²) in [6.07, 6.45) is 1.34. The second-order valence-electron chi connectivity index (χ2n) is 5.06. The van der Waals surface area contributed by atoms with Crippen molar-refractivity contribution < 1.29 is 9.90 Å². The molecule has 1 aliphatic rings. The second kappa shape index (κ2) is 5.53. The number of rotatable bonds is 4. The van der Waals surface area contributed by atoms with Crippen molar-refractivity contribution in [3.05, 3.63) is 29.8 Å². The summed E-state index contributed by atoms with van der Waals surface area (Å²) in [5.74, 6) is 0.548. The standard InChI is InChI=1S/C15H21NO2/c1-3-15(18)12-4-6-14(7-5-12)16-9-8-13(10-16)11(2)17/h4-7,11,13,17H,3,8-10H2,1-2H3. The summed E-state index contributed by atoms with van der Waals surface area (Å²) < 4.78 is 0. The summed E-state index contributed by atoms with van der Waals surface area (Å²) in [5, 5.41) is 9.59. The van der Waals surface area contributed by atoms with Gasteiger partial charge in [0.15, 0.2) is 5.78 Å². The number of benzene rings is 1. The second-order valence-corrected chi connectivity index (χ2v) is 5.06. The molecule has 0 aromatic heterocycles. The third kappa shape index (κ3) is 2.72. The van der Waals surface area contributed by atoms with Crippen molar-refractivity contribution in [3.63, 3.8) is 0 Å². The van der Waals surface area contributed by atoms with Crippen LogP contribution in [-0.4, -0.2) is 30.1 Å². The fourth-order valence-electron chi connectivity index (χ4n) is 2.48. The zero-order valence-corrected chi connectivity index (χ0v) is 11.1. The first-order valence-electron chi connectivity index (χ1n) is 6.68. The fourth-order valence-corrected chi connectivity index (χ4v) is 2.48. The van der Waals surface area contributed by atoms with E-state index in [1.54, 1.807) is 0 Å². The van der Waals surface area contributed by atoms with Gasteiger partial charge < -0.3 is 10.0 Å². The van der Waals surface area contributed by atoms with Crippen molar-refractivity contribution in [1.82, 2.24) is 0 Å². The molecule has 2 atom stereocenters. The third-order valence-electron chi connectivity index (χ3n) is 3.78. The predicted molar refractivity (Wildman–Crippen MR) is 73.1 cm³/mol. The zero-order chi connectivity index (χ0) is 13.1. The van der Waals surface area contributed by atoms with Gasteiger partial charge in [-0.3, -0.25) is 4.79 Å². The van der Waals surface area contributed by atoms with Gasteiger partial charge in [-0.1, -0.05) is 6.92 Å². The van der Waals surface area contributed by atoms with E-state index in [0.29, 0.717) is 12.3 Å². The van der Waals surface area contributed by atoms with Gasteiger partial charge in [0.1, 0.15) is 0 Å². The smallest absolute Gasteiger partial charge is 0.162 e. The summed E-state index contributed by atoms with van der Waals surface area (Å²) >= 11 is 0. The predicted octanol–water partition coefficient (Wildman–Crippen LogP) is 2.49. The van der Waals surface area contributed by atoms with Gasteiger partial charge in [0, 0.05) is 36.7 Å². The highest BCUT2D eigenvalue weighted by Gasteiger charge is 2.25. The van der Waals surface area contributed by atoms with Crippen LogP contribution in [0.2, 0.25) is 0 Å². The van der Waals surface area contributed by atoms with Gasteiger partial charge in [0.2, 0.25) is 0 Å². The molecule has 0 amide bonds. The minimum atomic E-state index is -0.240. The van der Waals surface area contributed by atoms with E-state index in [9.17, 15) is 9.90 Å². The van der Waals surface area contributed by atoms with E-state index in [1.807, 2.05) is 38.1 Å². The molecule has 0 saturated carbocycles. The molecule has 1 aromatic rings. The number of Topliss-reactive ketones (excluding diaryl/α,β-unsaturated/α-hetero) is 1. The molecule has 1 heterocycles. The lowest BCUT2D eigenvalue weighted by atomic mass is 10.0. The van der Waals surface area contributed by atoms with Crippen molar-refractivity contribution in [2.24, 2.45) is 5.92 Å². The Morgan fingerprint density at radius 2 is 2.11 bits per heavy atom. The molecule has 98 valence electrons. The Hall–Kier alpha value is -1.35. The third-order valence-corrected chi connectivity index (χ3v) is 3.78. The lowest BCUT2D eigenvalue weighted by Gasteiger charge is -2.19. The van der Waals surface area contributed by atoms with Gasteiger partial charge in [0.05, 0.1) is 6.10 Å². The molecule has 1 aliphatic heterocycles. The molecule has 0 spiro atoms. The Kier molecular flexibility index (Phi) is 4.02. The monoisotopic (exact) mass is 247 g/mol. The minimum absolute atomic E-state index is 0.185. The topological polar surface area (TPSA) is 40.5 Å². The lowest BCUT2D eigenvalue weighted by molar-refractivity contribution is 0.0988. The van der Waals surface area contributed by atoms with Crippen LogP contribution in [0.15, 0.2) is 24.3 Å². The van der Waals surface area contributed by atoms with Gasteiger partial charge >= 0.3 is 0 Å². The van der Waals surface area contributed by atoms with E-state index in [4.69, 9.17) is 0 Å². The number of anilines is 1. The van der Waals surface area contributed by atoms with Crippen molar-refractivity contribution in [3.8, 4) is 0 Å². The average Bonchev–Trinajstić information content (AvgIpc) is 2.88. The highest BCUT2D eigenvalue weighted by molar-refractivity contribution is 5.96. The lowest BCUT2D eigenvalue weighted by Crippen LogP contribution is -2.23. The molecule has 1 aromatic carbocycles. The van der Waals surface area contributed by atoms with E-state index < -0.39 is 0 Å². The summed E-state index contributed by atoms with van der Waals surface area (Å²) in [5.41, 5.74) is 1.93. The molecule has 0 bridgehead atoms. The fraction of sp³-hybridized carbons (Fsp3) is 0.533. The summed E-state index contributed by atoms with van der Waals surface area (Å²) in [4.78, 5) is 13.8. The van der Waals surface area contributed by atoms with Crippen LogP contribution in [0.4, 0.5) is 5.69 Å². The first-order chi connectivity index (χ1) is 8.61. The van der Waals surface area contributed by atoms with E-state index in [2.05, 4.69) is 4.90 Å². The molecule has 1 fully saturated rings. The van der Waals surface area contributed by atoms with E-state index >= 15 is 0 Å². The van der Waals surface area contributed by atoms with Crippen LogP contribution < -0.4 is 4.90 Å². The number of aliphatic hydroxyl groups excluding tert-OH is 1. The van der Waals surface area contributed by atoms with Gasteiger partial charge in [0.25, 0.3) is 0 Å². The molecule has 2 rings (SSSR count). The Morgan fingerprint density at radius 1 is 1.44 bits per heavy atom. The van der Waals surface area contributed by atoms with E-state index in [1.165, 1.54) is 0 Å². The molecule has 3 nitrogen and oxygen atoms in total. The molecule has 0 radical (unpaired) electrons. The number of carbonyl (C=O) groups excluding carboxylic acids is 1. The Bertz CT molecular complexity index is 411. The quantitative estimate of drug-likeness (QED) is 0.831. The number of aliphatic hydroxyl groups is 1. The number of nitrogens with zero attached hydrogens (tertiary/aromatic N) is 1. The maximum absolute atomic E-state index is 11.5. The maximum Gasteiger partial charge on any atom is 0.162 e. The average molecular weight is 247 g/mol. The number of hydrogen-bond donors (Lipinski definition) is 1. The molecule has 2 unspecified atom stereocenters. The van der Waals surface area contributed by atoms with Gasteiger partial charge in [-0.05, 0) is 37.6 Å². The maximum atomic E-state index is 11.5. The minimum Gasteiger partial charge on any atom is -0.393 e. The van der Waals surface area contributed by atoms with Crippen LogP contribution in [0.25, 0.3) is 0 Å². The number of ketones is 1. The van der Waals surface area contributed by atoms with Crippen molar-refractivity contribution in [1.29, 1.82) is 0 Å². The van der Waals surface area contributed by atoms with Crippen LogP contribution >= 0.6 is 0 Å². The molecule has 3 heteroatoms. The largest absolute Gasteiger partial charge is 0.393 e. The first kappa shape index (κ1) is 13.1. The van der Waals surface area contributed by atoms with Crippen LogP contribution in [0.5, 0.6) is 0 Å². The van der Waals surface area contributed by atoms with Crippen molar-refractivity contribution in [2.75, 3.05) is 18.0 Å². The molecule has 1 saturated heterocycles. The summed E-state index contributed by atoms with van der Waals surface area (Å²) in [7, 11) is 0. The Morgan fingerprint density at radius 3 is 2.61 bits per heavy atom. The van der Waals surface area contributed by atoms with E-state index in [0.717, 1.165) is 30.8 Å². The van der Waals surface area contributed by atoms with Crippen LogP contribution in [0.3, 0.4) is 0 Å². The molecule has 0 aliphatic carbocycles. The highest BCUT2D eigenvalue weighted by atomic mass is 16.3. The van der Waals surface area contributed by atoms with Crippen molar-refractivity contribution >= 4 is 11.5 Å². The molecular weight excluding hydrogens is 226 g/mol. The summed E-state index contributed by atoms with van der Waals surface area (Å²) in [6.45, 7) is 5.62. The first-order valence-corrected chi connectivity index (χ1v) is 6.68.